The van der Waals surface area contributed by atoms with Crippen LogP contribution in [0.3, 0.4) is 0 Å². The SMILES string of the molecule is CCCS(=O)(=O)N1CCCC(C(=O)Nc2sc(C)c(C)c2C(=O)OC)C1. The zero-order valence-electron chi connectivity index (χ0n) is 15.6. The molecule has 0 aromatic carbocycles. The Morgan fingerprint density at radius 2 is 2.04 bits per heavy atom. The third-order valence-electron chi connectivity index (χ3n) is 4.62. The number of amides is 1. The van der Waals surface area contributed by atoms with Crippen LogP contribution >= 0.6 is 11.3 Å². The third kappa shape index (κ3) is 4.44. The van der Waals surface area contributed by atoms with Crippen LogP contribution in [0, 0.1) is 19.8 Å². The number of anilines is 1. The van der Waals surface area contributed by atoms with Crippen molar-refractivity contribution in [3.8, 4) is 0 Å². The Morgan fingerprint density at radius 1 is 1.35 bits per heavy atom. The molecule has 1 aliphatic heterocycles. The van der Waals surface area contributed by atoms with Gasteiger partial charge in [0.05, 0.1) is 24.3 Å². The van der Waals surface area contributed by atoms with E-state index in [1.165, 1.54) is 22.8 Å². The van der Waals surface area contributed by atoms with Crippen molar-refractivity contribution in [3.63, 3.8) is 0 Å². The van der Waals surface area contributed by atoms with E-state index in [0.29, 0.717) is 36.4 Å². The van der Waals surface area contributed by atoms with Crippen molar-refractivity contribution < 1.29 is 22.7 Å². The van der Waals surface area contributed by atoms with E-state index in [9.17, 15) is 18.0 Å². The van der Waals surface area contributed by atoms with Crippen LogP contribution < -0.4 is 5.32 Å². The molecule has 0 radical (unpaired) electrons. The van der Waals surface area contributed by atoms with Crippen LogP contribution in [-0.2, 0) is 19.6 Å². The van der Waals surface area contributed by atoms with Gasteiger partial charge in [-0.25, -0.2) is 17.5 Å². The van der Waals surface area contributed by atoms with Gasteiger partial charge >= 0.3 is 5.97 Å². The van der Waals surface area contributed by atoms with E-state index in [0.717, 1.165) is 10.4 Å². The molecule has 26 heavy (non-hydrogen) atoms. The molecule has 1 amide bonds. The highest BCUT2D eigenvalue weighted by molar-refractivity contribution is 7.89. The predicted octanol–water partition coefficient (Wildman–Crippen LogP) is 2.54. The Morgan fingerprint density at radius 3 is 2.65 bits per heavy atom. The van der Waals surface area contributed by atoms with E-state index in [1.54, 1.807) is 0 Å². The fraction of sp³-hybridized carbons (Fsp3) is 0.647. The van der Waals surface area contributed by atoms with E-state index < -0.39 is 21.9 Å². The second-order valence-electron chi connectivity index (χ2n) is 6.48. The minimum Gasteiger partial charge on any atom is -0.465 e. The summed E-state index contributed by atoms with van der Waals surface area (Å²) in [6.07, 6.45) is 1.82. The van der Waals surface area contributed by atoms with Gasteiger partial charge in [-0.2, -0.15) is 0 Å². The summed E-state index contributed by atoms with van der Waals surface area (Å²) in [5.41, 5.74) is 1.16. The lowest BCUT2D eigenvalue weighted by Crippen LogP contribution is -2.44. The molecule has 1 saturated heterocycles. The van der Waals surface area contributed by atoms with E-state index in [2.05, 4.69) is 5.32 Å². The van der Waals surface area contributed by atoms with Crippen molar-refractivity contribution in [1.82, 2.24) is 4.31 Å². The molecule has 9 heteroatoms. The third-order valence-corrected chi connectivity index (χ3v) is 7.79. The van der Waals surface area contributed by atoms with Crippen molar-refractivity contribution in [2.45, 2.75) is 40.0 Å². The fourth-order valence-corrected chi connectivity index (χ4v) is 5.71. The van der Waals surface area contributed by atoms with Gasteiger partial charge in [-0.3, -0.25) is 4.79 Å². The first-order chi connectivity index (χ1) is 12.2. The molecule has 2 rings (SSSR count). The Bertz CT molecular complexity index is 785. The normalized spacial score (nSPS) is 18.5. The number of hydrogen-bond donors (Lipinski definition) is 1. The first kappa shape index (κ1) is 20.9. The van der Waals surface area contributed by atoms with E-state index in [4.69, 9.17) is 4.74 Å². The number of hydrogen-bond acceptors (Lipinski definition) is 6. The van der Waals surface area contributed by atoms with E-state index in [-0.39, 0.29) is 18.2 Å². The van der Waals surface area contributed by atoms with Crippen LogP contribution in [0.15, 0.2) is 0 Å². The molecular weight excluding hydrogens is 376 g/mol. The van der Waals surface area contributed by atoms with Crippen LogP contribution in [0.5, 0.6) is 0 Å². The number of methoxy groups -OCH3 is 1. The second kappa shape index (κ2) is 8.49. The van der Waals surface area contributed by atoms with Gasteiger partial charge in [0.25, 0.3) is 0 Å². The molecule has 0 spiro atoms. The average molecular weight is 403 g/mol. The average Bonchev–Trinajstić information content (AvgIpc) is 2.88. The summed E-state index contributed by atoms with van der Waals surface area (Å²) in [7, 11) is -2.02. The van der Waals surface area contributed by atoms with Gasteiger partial charge in [-0.15, -0.1) is 11.3 Å². The number of rotatable bonds is 6. The highest BCUT2D eigenvalue weighted by Gasteiger charge is 2.33. The first-order valence-corrected chi connectivity index (χ1v) is 11.1. The van der Waals surface area contributed by atoms with Crippen LogP contribution in [0.1, 0.15) is 47.0 Å². The van der Waals surface area contributed by atoms with Crippen molar-refractivity contribution >= 4 is 38.2 Å². The molecule has 7 nitrogen and oxygen atoms in total. The lowest BCUT2D eigenvalue weighted by Gasteiger charge is -2.31. The molecule has 1 unspecified atom stereocenters. The molecule has 0 aliphatic carbocycles. The topological polar surface area (TPSA) is 92.8 Å². The van der Waals surface area contributed by atoms with E-state index >= 15 is 0 Å². The number of carbonyl (C=O) groups excluding carboxylic acids is 2. The number of piperidine rings is 1. The fourth-order valence-electron chi connectivity index (χ4n) is 3.07. The van der Waals surface area contributed by atoms with Gasteiger partial charge in [-0.1, -0.05) is 6.92 Å². The molecule has 2 heterocycles. The number of nitrogens with zero attached hydrogens (tertiary/aromatic N) is 1. The summed E-state index contributed by atoms with van der Waals surface area (Å²) in [4.78, 5) is 25.7. The molecule has 1 aromatic heterocycles. The van der Waals surface area contributed by atoms with Gasteiger partial charge in [0, 0.05) is 18.0 Å². The molecule has 146 valence electrons. The first-order valence-electron chi connectivity index (χ1n) is 8.68. The highest BCUT2D eigenvalue weighted by atomic mass is 32.2. The molecule has 0 bridgehead atoms. The molecule has 1 aromatic rings. The van der Waals surface area contributed by atoms with Crippen LogP contribution in [0.2, 0.25) is 0 Å². The number of nitrogens with one attached hydrogen (secondary N) is 1. The summed E-state index contributed by atoms with van der Waals surface area (Å²) in [6, 6.07) is 0. The van der Waals surface area contributed by atoms with Crippen LogP contribution in [-0.4, -0.2) is 50.6 Å². The number of thiophene rings is 1. The summed E-state index contributed by atoms with van der Waals surface area (Å²) < 4.78 is 30.8. The van der Waals surface area contributed by atoms with Gasteiger partial charge in [0.15, 0.2) is 0 Å². The van der Waals surface area contributed by atoms with Gasteiger partial charge in [0.1, 0.15) is 5.00 Å². The Labute approximate surface area is 158 Å². The number of carbonyl (C=O) groups is 2. The number of ether oxygens (including phenoxy) is 1. The minimum absolute atomic E-state index is 0.0944. The van der Waals surface area contributed by atoms with Gasteiger partial charge < -0.3 is 10.1 Å². The smallest absolute Gasteiger partial charge is 0.341 e. The lowest BCUT2D eigenvalue weighted by atomic mass is 9.99. The Kier molecular flexibility index (Phi) is 6.81. The predicted molar refractivity (Wildman–Crippen MR) is 102 cm³/mol. The summed E-state index contributed by atoms with van der Waals surface area (Å²) in [6.45, 7) is 6.15. The highest BCUT2D eigenvalue weighted by Crippen LogP contribution is 2.33. The van der Waals surface area contributed by atoms with Crippen molar-refractivity contribution in [1.29, 1.82) is 0 Å². The maximum atomic E-state index is 12.7. The quantitative estimate of drug-likeness (QED) is 0.738. The zero-order chi connectivity index (χ0) is 19.5. The second-order valence-corrected chi connectivity index (χ2v) is 9.79. The lowest BCUT2D eigenvalue weighted by molar-refractivity contribution is -0.120. The van der Waals surface area contributed by atoms with Gasteiger partial charge in [0.2, 0.25) is 15.9 Å². The van der Waals surface area contributed by atoms with Crippen molar-refractivity contribution in [2.24, 2.45) is 5.92 Å². The molecule has 1 atom stereocenters. The Hall–Kier alpha value is -1.45. The van der Waals surface area contributed by atoms with Crippen LogP contribution in [0.25, 0.3) is 0 Å². The monoisotopic (exact) mass is 402 g/mol. The molecular formula is C17H26N2O5S2. The Balaban J connectivity index is 2.15. The van der Waals surface area contributed by atoms with Crippen molar-refractivity contribution in [3.05, 3.63) is 16.0 Å². The number of esters is 1. The maximum Gasteiger partial charge on any atom is 0.341 e. The largest absolute Gasteiger partial charge is 0.465 e. The molecule has 1 N–H and O–H groups in total. The zero-order valence-corrected chi connectivity index (χ0v) is 17.3. The molecule has 0 saturated carbocycles. The van der Waals surface area contributed by atoms with Crippen LogP contribution in [0.4, 0.5) is 5.00 Å². The summed E-state index contributed by atoms with van der Waals surface area (Å²) in [5, 5.41) is 3.28. The summed E-state index contributed by atoms with van der Waals surface area (Å²) >= 11 is 1.33. The summed E-state index contributed by atoms with van der Waals surface area (Å²) in [5.74, 6) is -1.08. The minimum atomic E-state index is -3.32. The molecule has 1 aliphatic rings. The van der Waals surface area contributed by atoms with Crippen molar-refractivity contribution in [2.75, 3.05) is 31.3 Å². The van der Waals surface area contributed by atoms with E-state index in [1.807, 2.05) is 20.8 Å². The molecule has 1 fully saturated rings. The standard InChI is InChI=1S/C17H26N2O5S2/c1-5-9-26(22,23)19-8-6-7-13(10-19)15(20)18-16-14(17(21)24-4)11(2)12(3)25-16/h13H,5-10H2,1-4H3,(H,18,20). The number of aryl methyl sites for hydroxylation is 1. The number of sulfonamides is 1. The van der Waals surface area contributed by atoms with Gasteiger partial charge in [-0.05, 0) is 38.7 Å². The maximum absolute atomic E-state index is 12.7.